The monoisotopic (exact) mass is 188 g/mol. The number of carbonyl (C=O) groups is 1. The van der Waals surface area contributed by atoms with Gasteiger partial charge in [0.05, 0.1) is 0 Å². The van der Waals surface area contributed by atoms with Crippen molar-refractivity contribution in [1.82, 2.24) is 4.90 Å². The number of primary amides is 1. The first-order valence-electron chi connectivity index (χ1n) is 4.76. The van der Waals surface area contributed by atoms with Gasteiger partial charge in [-0.1, -0.05) is 13.8 Å². The van der Waals surface area contributed by atoms with Gasteiger partial charge in [0.2, 0.25) is 5.67 Å². The zero-order valence-corrected chi connectivity index (χ0v) is 8.22. The minimum atomic E-state index is -1.76. The van der Waals surface area contributed by atoms with Crippen LogP contribution in [0.2, 0.25) is 0 Å². The molecule has 0 spiro atoms. The van der Waals surface area contributed by atoms with E-state index < -0.39 is 11.6 Å². The van der Waals surface area contributed by atoms with Crippen LogP contribution in [0.25, 0.3) is 0 Å². The van der Waals surface area contributed by atoms with Gasteiger partial charge in [-0.15, -0.1) is 0 Å². The van der Waals surface area contributed by atoms with Gasteiger partial charge >= 0.3 is 0 Å². The molecule has 1 amide bonds. The third-order valence-corrected chi connectivity index (χ3v) is 2.81. The molecule has 1 fully saturated rings. The van der Waals surface area contributed by atoms with E-state index in [0.717, 1.165) is 12.8 Å². The molecular formula is C9H17FN2O. The molecular weight excluding hydrogens is 171 g/mol. The molecule has 1 heterocycles. The number of alkyl halides is 1. The van der Waals surface area contributed by atoms with Crippen LogP contribution in [0, 0.1) is 0 Å². The van der Waals surface area contributed by atoms with Crippen molar-refractivity contribution >= 4 is 5.91 Å². The SMILES string of the molecule is CCC(CC)N1CC(F)(C(N)=O)C1. The first-order valence-corrected chi connectivity index (χ1v) is 4.76. The molecule has 0 bridgehead atoms. The predicted octanol–water partition coefficient (Wildman–Crippen LogP) is 0.684. The Morgan fingerprint density at radius 1 is 1.54 bits per heavy atom. The van der Waals surface area contributed by atoms with Gasteiger partial charge in [0.15, 0.2) is 0 Å². The predicted molar refractivity (Wildman–Crippen MR) is 49.0 cm³/mol. The Kier molecular flexibility index (Phi) is 2.91. The summed E-state index contributed by atoms with van der Waals surface area (Å²) in [6.45, 7) is 4.48. The lowest BCUT2D eigenvalue weighted by molar-refractivity contribution is -0.144. The topological polar surface area (TPSA) is 46.3 Å². The van der Waals surface area contributed by atoms with E-state index in [1.807, 2.05) is 4.90 Å². The average molecular weight is 188 g/mol. The molecule has 1 aliphatic rings. The van der Waals surface area contributed by atoms with E-state index in [-0.39, 0.29) is 13.1 Å². The lowest BCUT2D eigenvalue weighted by Gasteiger charge is -2.46. The van der Waals surface area contributed by atoms with Gasteiger partial charge in [0.25, 0.3) is 5.91 Å². The van der Waals surface area contributed by atoms with E-state index in [1.54, 1.807) is 0 Å². The van der Waals surface area contributed by atoms with Crippen molar-refractivity contribution in [2.45, 2.75) is 38.4 Å². The number of hydrogen-bond donors (Lipinski definition) is 1. The summed E-state index contributed by atoms with van der Waals surface area (Å²) in [7, 11) is 0. The highest BCUT2D eigenvalue weighted by Crippen LogP contribution is 2.28. The largest absolute Gasteiger partial charge is 0.367 e. The smallest absolute Gasteiger partial charge is 0.257 e. The van der Waals surface area contributed by atoms with Gasteiger partial charge in [-0.05, 0) is 12.8 Å². The van der Waals surface area contributed by atoms with Crippen molar-refractivity contribution in [2.75, 3.05) is 13.1 Å². The molecule has 0 radical (unpaired) electrons. The van der Waals surface area contributed by atoms with E-state index in [1.165, 1.54) is 0 Å². The Balaban J connectivity index is 2.44. The number of likely N-dealkylation sites (tertiary alicyclic amines) is 1. The van der Waals surface area contributed by atoms with Gasteiger partial charge in [-0.3, -0.25) is 9.69 Å². The van der Waals surface area contributed by atoms with Crippen LogP contribution in [-0.2, 0) is 4.79 Å². The van der Waals surface area contributed by atoms with Crippen molar-refractivity contribution in [3.05, 3.63) is 0 Å². The van der Waals surface area contributed by atoms with E-state index in [0.29, 0.717) is 6.04 Å². The van der Waals surface area contributed by atoms with Crippen LogP contribution in [0.4, 0.5) is 4.39 Å². The first kappa shape index (κ1) is 10.4. The lowest BCUT2D eigenvalue weighted by Crippen LogP contribution is -2.67. The second kappa shape index (κ2) is 3.62. The summed E-state index contributed by atoms with van der Waals surface area (Å²) in [5.74, 6) is -0.824. The molecule has 0 aromatic carbocycles. The number of carbonyl (C=O) groups excluding carboxylic acids is 1. The van der Waals surface area contributed by atoms with Gasteiger partial charge in [-0.2, -0.15) is 0 Å². The summed E-state index contributed by atoms with van der Waals surface area (Å²) in [6.07, 6.45) is 1.98. The maximum Gasteiger partial charge on any atom is 0.257 e. The number of nitrogens with two attached hydrogens (primary N) is 1. The van der Waals surface area contributed by atoms with Crippen molar-refractivity contribution in [1.29, 1.82) is 0 Å². The molecule has 0 aromatic heterocycles. The summed E-state index contributed by atoms with van der Waals surface area (Å²) in [6, 6.07) is 0.392. The van der Waals surface area contributed by atoms with Gasteiger partial charge in [0.1, 0.15) is 0 Å². The number of rotatable bonds is 4. The molecule has 1 rings (SSSR count). The van der Waals surface area contributed by atoms with Crippen LogP contribution in [0.5, 0.6) is 0 Å². The van der Waals surface area contributed by atoms with Gasteiger partial charge < -0.3 is 5.73 Å². The van der Waals surface area contributed by atoms with Crippen LogP contribution in [-0.4, -0.2) is 35.6 Å². The summed E-state index contributed by atoms with van der Waals surface area (Å²) in [4.78, 5) is 12.6. The number of amides is 1. The van der Waals surface area contributed by atoms with Crippen LogP contribution in [0.1, 0.15) is 26.7 Å². The third kappa shape index (κ3) is 1.82. The summed E-state index contributed by atoms with van der Waals surface area (Å²) in [5.41, 5.74) is 3.18. The Morgan fingerprint density at radius 2 is 2.00 bits per heavy atom. The molecule has 4 heteroatoms. The quantitative estimate of drug-likeness (QED) is 0.705. The van der Waals surface area contributed by atoms with E-state index in [2.05, 4.69) is 13.8 Å². The fourth-order valence-electron chi connectivity index (χ4n) is 1.82. The Bertz CT molecular complexity index is 198. The summed E-state index contributed by atoms with van der Waals surface area (Å²) >= 11 is 0. The molecule has 0 aromatic rings. The van der Waals surface area contributed by atoms with Crippen LogP contribution >= 0.6 is 0 Å². The molecule has 76 valence electrons. The summed E-state index contributed by atoms with van der Waals surface area (Å²) in [5, 5.41) is 0. The van der Waals surface area contributed by atoms with E-state index in [4.69, 9.17) is 5.73 Å². The van der Waals surface area contributed by atoms with E-state index >= 15 is 0 Å². The highest BCUT2D eigenvalue weighted by atomic mass is 19.1. The maximum atomic E-state index is 13.4. The van der Waals surface area contributed by atoms with Crippen LogP contribution < -0.4 is 5.73 Å². The number of nitrogens with zero attached hydrogens (tertiary/aromatic N) is 1. The molecule has 1 aliphatic heterocycles. The van der Waals surface area contributed by atoms with Gasteiger partial charge in [0, 0.05) is 19.1 Å². The minimum absolute atomic E-state index is 0.175. The third-order valence-electron chi connectivity index (χ3n) is 2.81. The Hall–Kier alpha value is -0.640. The molecule has 0 unspecified atom stereocenters. The molecule has 13 heavy (non-hydrogen) atoms. The van der Waals surface area contributed by atoms with Crippen molar-refractivity contribution in [2.24, 2.45) is 5.73 Å². The highest BCUT2D eigenvalue weighted by molar-refractivity contribution is 5.85. The van der Waals surface area contributed by atoms with Crippen molar-refractivity contribution in [3.8, 4) is 0 Å². The first-order chi connectivity index (χ1) is 6.03. The molecule has 0 saturated carbocycles. The molecule has 3 nitrogen and oxygen atoms in total. The molecule has 1 saturated heterocycles. The fourth-order valence-corrected chi connectivity index (χ4v) is 1.82. The summed E-state index contributed by atoms with van der Waals surface area (Å²) < 4.78 is 13.4. The van der Waals surface area contributed by atoms with Gasteiger partial charge in [-0.25, -0.2) is 4.39 Å². The zero-order valence-electron chi connectivity index (χ0n) is 8.22. The Morgan fingerprint density at radius 3 is 2.31 bits per heavy atom. The van der Waals surface area contributed by atoms with E-state index in [9.17, 15) is 9.18 Å². The standard InChI is InChI=1S/C9H17FN2O/c1-3-7(4-2)12-5-9(10,6-12)8(11)13/h7H,3-6H2,1-2H3,(H2,11,13). The normalized spacial score (nSPS) is 21.5. The highest BCUT2D eigenvalue weighted by Gasteiger charge is 2.50. The average Bonchev–Trinajstić information content (AvgIpc) is 2.02. The second-order valence-electron chi connectivity index (χ2n) is 3.70. The zero-order chi connectivity index (χ0) is 10.1. The number of hydrogen-bond acceptors (Lipinski definition) is 2. The molecule has 0 aliphatic carbocycles. The van der Waals surface area contributed by atoms with Crippen molar-refractivity contribution in [3.63, 3.8) is 0 Å². The van der Waals surface area contributed by atoms with Crippen LogP contribution in [0.15, 0.2) is 0 Å². The van der Waals surface area contributed by atoms with Crippen molar-refractivity contribution < 1.29 is 9.18 Å². The second-order valence-corrected chi connectivity index (χ2v) is 3.70. The van der Waals surface area contributed by atoms with Crippen LogP contribution in [0.3, 0.4) is 0 Å². The fraction of sp³-hybridized carbons (Fsp3) is 0.889. The maximum absolute atomic E-state index is 13.4. The Labute approximate surface area is 78.1 Å². The molecule has 2 N–H and O–H groups in total. The lowest BCUT2D eigenvalue weighted by atomic mass is 9.92. The minimum Gasteiger partial charge on any atom is -0.367 e. The molecule has 0 atom stereocenters. The number of halogens is 1.